The molecule has 0 saturated carbocycles. The first-order valence-electron chi connectivity index (χ1n) is 4.65. The van der Waals surface area contributed by atoms with E-state index in [4.69, 9.17) is 23.2 Å². The van der Waals surface area contributed by atoms with E-state index in [1.807, 2.05) is 18.2 Å². The van der Waals surface area contributed by atoms with E-state index < -0.39 is 0 Å². The topological polar surface area (TPSA) is 0 Å². The summed E-state index contributed by atoms with van der Waals surface area (Å²) < 4.78 is 0. The molecule has 2 rings (SSSR count). The normalized spacial score (nSPS) is 10.3. The second-order valence-corrected chi connectivity index (χ2v) is 4.15. The summed E-state index contributed by atoms with van der Waals surface area (Å²) in [4.78, 5) is 0. The van der Waals surface area contributed by atoms with Crippen LogP contribution >= 0.6 is 23.2 Å². The molecule has 2 aromatic rings. The van der Waals surface area contributed by atoms with Crippen molar-refractivity contribution in [2.24, 2.45) is 0 Å². The van der Waals surface area contributed by atoms with Crippen LogP contribution in [0, 0.1) is 6.07 Å². The summed E-state index contributed by atoms with van der Waals surface area (Å²) in [5, 5.41) is 1.29. The maximum absolute atomic E-state index is 6.06. The van der Waals surface area contributed by atoms with Crippen LogP contribution in [0.3, 0.4) is 0 Å². The largest absolute Gasteiger partial charge is 0.0843 e. The van der Waals surface area contributed by atoms with Gasteiger partial charge in [-0.1, -0.05) is 53.5 Å². The van der Waals surface area contributed by atoms with Crippen molar-refractivity contribution >= 4 is 23.2 Å². The number of hydrogen-bond acceptors (Lipinski definition) is 0. The molecule has 0 aliphatic heterocycles. The van der Waals surface area contributed by atoms with Gasteiger partial charge in [-0.15, -0.1) is 0 Å². The summed E-state index contributed by atoms with van der Waals surface area (Å²) in [6.07, 6.45) is 0.789. The fourth-order valence-electron chi connectivity index (χ4n) is 1.41. The van der Waals surface area contributed by atoms with Gasteiger partial charge in [0.15, 0.2) is 0 Å². The molecule has 0 N–H and O–H groups in total. The second-order valence-electron chi connectivity index (χ2n) is 3.31. The first-order chi connectivity index (χ1) is 7.25. The van der Waals surface area contributed by atoms with Crippen LogP contribution in [0.15, 0.2) is 42.5 Å². The quantitative estimate of drug-likeness (QED) is 0.725. The lowest BCUT2D eigenvalue weighted by Crippen LogP contribution is -1.89. The zero-order valence-corrected chi connectivity index (χ0v) is 9.52. The summed E-state index contributed by atoms with van der Waals surface area (Å²) in [5.74, 6) is 0. The number of hydrogen-bond donors (Lipinski definition) is 0. The second kappa shape index (κ2) is 4.69. The predicted octanol–water partition coefficient (Wildman–Crippen LogP) is 4.38. The average Bonchev–Trinajstić information content (AvgIpc) is 2.24. The van der Waals surface area contributed by atoms with Crippen molar-refractivity contribution < 1.29 is 0 Å². The third-order valence-corrected chi connectivity index (χ3v) is 2.72. The van der Waals surface area contributed by atoms with E-state index in [-0.39, 0.29) is 0 Å². The Kier molecular flexibility index (Phi) is 3.30. The van der Waals surface area contributed by atoms with Gasteiger partial charge in [-0.3, -0.25) is 0 Å². The smallest absolute Gasteiger partial charge is 0.0462 e. The minimum atomic E-state index is 0.622. The van der Waals surface area contributed by atoms with Gasteiger partial charge >= 0.3 is 0 Å². The van der Waals surface area contributed by atoms with E-state index >= 15 is 0 Å². The molecule has 2 heteroatoms. The van der Waals surface area contributed by atoms with Crippen LogP contribution < -0.4 is 0 Å². The monoisotopic (exact) mass is 235 g/mol. The van der Waals surface area contributed by atoms with Gasteiger partial charge in [0.1, 0.15) is 0 Å². The third kappa shape index (κ3) is 2.74. The summed E-state index contributed by atoms with van der Waals surface area (Å²) in [6, 6.07) is 16.7. The third-order valence-electron chi connectivity index (χ3n) is 2.16. The SMILES string of the molecule is Clc1c[c]c(Cc2ccccc2)c(Cl)c1. The highest BCUT2D eigenvalue weighted by Crippen LogP contribution is 2.22. The lowest BCUT2D eigenvalue weighted by atomic mass is 10.1. The molecule has 0 fully saturated rings. The highest BCUT2D eigenvalue weighted by molar-refractivity contribution is 6.35. The molecule has 0 bridgehead atoms. The summed E-state index contributed by atoms with van der Waals surface area (Å²) in [5.41, 5.74) is 2.20. The van der Waals surface area contributed by atoms with E-state index in [0.717, 1.165) is 12.0 Å². The summed E-state index contributed by atoms with van der Waals surface area (Å²) >= 11 is 11.9. The fraction of sp³-hybridized carbons (Fsp3) is 0.0769. The van der Waals surface area contributed by atoms with Crippen LogP contribution in [-0.2, 0) is 6.42 Å². The van der Waals surface area contributed by atoms with Gasteiger partial charge in [-0.05, 0) is 35.7 Å². The van der Waals surface area contributed by atoms with Crippen molar-refractivity contribution in [2.45, 2.75) is 6.42 Å². The Balaban J connectivity index is 2.25. The molecule has 0 saturated heterocycles. The summed E-state index contributed by atoms with van der Waals surface area (Å²) in [7, 11) is 0. The van der Waals surface area contributed by atoms with Gasteiger partial charge < -0.3 is 0 Å². The summed E-state index contributed by atoms with van der Waals surface area (Å²) in [6.45, 7) is 0. The molecule has 0 spiro atoms. The lowest BCUT2D eigenvalue weighted by Gasteiger charge is -2.04. The Labute approximate surface area is 99.5 Å². The molecule has 0 unspecified atom stereocenters. The van der Waals surface area contributed by atoms with Crippen LogP contribution in [0.2, 0.25) is 10.0 Å². The van der Waals surface area contributed by atoms with Crippen molar-refractivity contribution in [1.82, 2.24) is 0 Å². The Bertz CT molecular complexity index is 449. The van der Waals surface area contributed by atoms with Crippen molar-refractivity contribution in [3.05, 3.63) is 69.7 Å². The standard InChI is InChI=1S/C13H9Cl2/c14-12-7-6-11(13(15)9-12)8-10-4-2-1-3-5-10/h1-5,7,9H,8H2. The molecule has 0 amide bonds. The Morgan fingerprint density at radius 1 is 1.07 bits per heavy atom. The van der Waals surface area contributed by atoms with E-state index in [9.17, 15) is 0 Å². The van der Waals surface area contributed by atoms with E-state index in [1.54, 1.807) is 12.1 Å². The van der Waals surface area contributed by atoms with E-state index in [1.165, 1.54) is 5.56 Å². The highest BCUT2D eigenvalue weighted by Gasteiger charge is 2.02. The predicted molar refractivity (Wildman–Crippen MR) is 64.5 cm³/mol. The van der Waals surface area contributed by atoms with Gasteiger partial charge in [0.2, 0.25) is 0 Å². The molecule has 0 atom stereocenters. The van der Waals surface area contributed by atoms with Crippen molar-refractivity contribution in [3.8, 4) is 0 Å². The minimum Gasteiger partial charge on any atom is -0.0843 e. The molecule has 0 aliphatic carbocycles. The van der Waals surface area contributed by atoms with Crippen molar-refractivity contribution in [2.75, 3.05) is 0 Å². The van der Waals surface area contributed by atoms with Gasteiger partial charge in [0.05, 0.1) is 0 Å². The van der Waals surface area contributed by atoms with Gasteiger partial charge in [-0.25, -0.2) is 0 Å². The van der Waals surface area contributed by atoms with Crippen LogP contribution in [0.1, 0.15) is 11.1 Å². The number of rotatable bonds is 2. The minimum absolute atomic E-state index is 0.622. The molecule has 0 heterocycles. The Hall–Kier alpha value is -0.980. The number of benzene rings is 2. The molecule has 75 valence electrons. The van der Waals surface area contributed by atoms with Crippen LogP contribution in [0.4, 0.5) is 0 Å². The Morgan fingerprint density at radius 3 is 2.47 bits per heavy atom. The molecular formula is C13H9Cl2. The maximum atomic E-state index is 6.06. The zero-order valence-electron chi connectivity index (χ0n) is 8.00. The van der Waals surface area contributed by atoms with Gasteiger partial charge in [-0.2, -0.15) is 0 Å². The maximum Gasteiger partial charge on any atom is 0.0462 e. The average molecular weight is 236 g/mol. The van der Waals surface area contributed by atoms with E-state index in [2.05, 4.69) is 18.2 Å². The van der Waals surface area contributed by atoms with Crippen LogP contribution in [0.25, 0.3) is 0 Å². The molecule has 0 aliphatic rings. The molecule has 15 heavy (non-hydrogen) atoms. The first kappa shape index (κ1) is 10.5. The van der Waals surface area contributed by atoms with Crippen molar-refractivity contribution in [1.29, 1.82) is 0 Å². The van der Waals surface area contributed by atoms with Crippen LogP contribution in [-0.4, -0.2) is 0 Å². The number of halogens is 2. The molecule has 2 aromatic carbocycles. The zero-order chi connectivity index (χ0) is 10.7. The van der Waals surface area contributed by atoms with Crippen LogP contribution in [0.5, 0.6) is 0 Å². The van der Waals surface area contributed by atoms with E-state index in [0.29, 0.717) is 10.0 Å². The molecule has 0 nitrogen and oxygen atoms in total. The Morgan fingerprint density at radius 2 is 1.80 bits per heavy atom. The van der Waals surface area contributed by atoms with Crippen molar-refractivity contribution in [3.63, 3.8) is 0 Å². The molecule has 0 aromatic heterocycles. The highest BCUT2D eigenvalue weighted by atomic mass is 35.5. The molecule has 1 radical (unpaired) electrons. The first-order valence-corrected chi connectivity index (χ1v) is 5.41. The lowest BCUT2D eigenvalue weighted by molar-refractivity contribution is 1.19. The van der Waals surface area contributed by atoms with Gasteiger partial charge in [0.25, 0.3) is 0 Å². The van der Waals surface area contributed by atoms with Gasteiger partial charge in [0, 0.05) is 10.0 Å². The molecular weight excluding hydrogens is 227 g/mol. The fourth-order valence-corrected chi connectivity index (χ4v) is 1.87.